The normalized spacial score (nSPS) is 8.22. The van der Waals surface area contributed by atoms with Crippen LogP contribution in [0, 0.1) is 0 Å². The van der Waals surface area contributed by atoms with Crippen LogP contribution in [0.1, 0.15) is 0 Å². The molecule has 0 unspecified atom stereocenters. The number of halogens is 2. The molecule has 0 aliphatic heterocycles. The summed E-state index contributed by atoms with van der Waals surface area (Å²) in [5, 5.41) is 0. The molecule has 9 heavy (non-hydrogen) atoms. The van der Waals surface area contributed by atoms with E-state index < -0.39 is 0 Å². The molecule has 0 nitrogen and oxygen atoms in total. The molecule has 0 atom stereocenters. The number of rotatable bonds is 0. The first kappa shape index (κ1) is 9.78. The molecule has 0 aliphatic rings. The van der Waals surface area contributed by atoms with Crippen molar-refractivity contribution in [2.45, 2.75) is 0 Å². The molecule has 0 aromatic heterocycles. The van der Waals surface area contributed by atoms with Gasteiger partial charge < -0.3 is 0 Å². The SMILES string of the molecule is Brc1ccccc1Br.[LiH]. The van der Waals surface area contributed by atoms with Crippen molar-refractivity contribution in [1.29, 1.82) is 0 Å². The van der Waals surface area contributed by atoms with E-state index in [4.69, 9.17) is 0 Å². The van der Waals surface area contributed by atoms with Gasteiger partial charge in [-0.1, -0.05) is 12.1 Å². The van der Waals surface area contributed by atoms with E-state index in [0.29, 0.717) is 0 Å². The minimum atomic E-state index is 0. The van der Waals surface area contributed by atoms with Crippen LogP contribution in [0.4, 0.5) is 0 Å². The molecule has 1 aromatic rings. The zero-order valence-electron chi connectivity index (χ0n) is 4.07. The fourth-order valence-electron chi connectivity index (χ4n) is 0.439. The van der Waals surface area contributed by atoms with Gasteiger partial charge in [0.1, 0.15) is 0 Å². The molecule has 0 saturated heterocycles. The van der Waals surface area contributed by atoms with Crippen molar-refractivity contribution >= 4 is 50.7 Å². The summed E-state index contributed by atoms with van der Waals surface area (Å²) >= 11 is 6.70. The van der Waals surface area contributed by atoms with Gasteiger partial charge >= 0.3 is 18.9 Å². The van der Waals surface area contributed by atoms with Crippen molar-refractivity contribution in [2.24, 2.45) is 0 Å². The molecule has 1 aromatic carbocycles. The van der Waals surface area contributed by atoms with Gasteiger partial charge in [0.15, 0.2) is 0 Å². The van der Waals surface area contributed by atoms with Gasteiger partial charge in [0.2, 0.25) is 0 Å². The van der Waals surface area contributed by atoms with Gasteiger partial charge in [-0.2, -0.15) is 0 Å². The Hall–Kier alpha value is 0.777. The second-order valence-electron chi connectivity index (χ2n) is 1.41. The van der Waals surface area contributed by atoms with Crippen molar-refractivity contribution in [2.75, 3.05) is 0 Å². The van der Waals surface area contributed by atoms with Gasteiger partial charge in [-0.05, 0) is 44.0 Å². The molecular formula is C6H5Br2Li. The zero-order valence-corrected chi connectivity index (χ0v) is 7.24. The number of benzene rings is 1. The molecule has 0 N–H and O–H groups in total. The summed E-state index contributed by atoms with van der Waals surface area (Å²) in [5.74, 6) is 0. The maximum atomic E-state index is 3.35. The van der Waals surface area contributed by atoms with E-state index >= 15 is 0 Å². The molecule has 0 fully saturated rings. The third-order valence-electron chi connectivity index (χ3n) is 0.824. The van der Waals surface area contributed by atoms with E-state index in [1.165, 1.54) is 0 Å². The van der Waals surface area contributed by atoms with Crippen molar-refractivity contribution in [1.82, 2.24) is 0 Å². The first-order chi connectivity index (χ1) is 3.80. The van der Waals surface area contributed by atoms with E-state index in [9.17, 15) is 0 Å². The van der Waals surface area contributed by atoms with E-state index in [0.717, 1.165) is 8.95 Å². The van der Waals surface area contributed by atoms with Gasteiger partial charge in [-0.25, -0.2) is 0 Å². The molecule has 44 valence electrons. The average Bonchev–Trinajstić information content (AvgIpc) is 1.77. The molecule has 0 saturated carbocycles. The van der Waals surface area contributed by atoms with Crippen LogP contribution in [0.3, 0.4) is 0 Å². The standard InChI is InChI=1S/C6H4Br2.Li.H/c7-5-3-1-2-4-6(5)8;;/h1-4H;;. The van der Waals surface area contributed by atoms with Gasteiger partial charge in [0.05, 0.1) is 0 Å². The monoisotopic (exact) mass is 242 g/mol. The Kier molecular flexibility index (Phi) is 4.97. The molecule has 0 amide bonds. The summed E-state index contributed by atoms with van der Waals surface area (Å²) in [4.78, 5) is 0. The van der Waals surface area contributed by atoms with Crippen LogP contribution in [0.25, 0.3) is 0 Å². The van der Waals surface area contributed by atoms with E-state index in [2.05, 4.69) is 31.9 Å². The number of hydrogen-bond donors (Lipinski definition) is 0. The van der Waals surface area contributed by atoms with E-state index in [-0.39, 0.29) is 18.9 Å². The molecule has 0 spiro atoms. The minimum absolute atomic E-state index is 0. The van der Waals surface area contributed by atoms with Crippen LogP contribution >= 0.6 is 31.9 Å². The fourth-order valence-corrected chi connectivity index (χ4v) is 1.01. The van der Waals surface area contributed by atoms with Crippen LogP contribution in [-0.4, -0.2) is 18.9 Å². The molecule has 0 aliphatic carbocycles. The maximum absolute atomic E-state index is 3.35. The Morgan fingerprint density at radius 3 is 1.44 bits per heavy atom. The summed E-state index contributed by atoms with van der Waals surface area (Å²) in [6, 6.07) is 7.94. The Morgan fingerprint density at radius 1 is 0.889 bits per heavy atom. The summed E-state index contributed by atoms with van der Waals surface area (Å²) in [5.41, 5.74) is 0. The van der Waals surface area contributed by atoms with Gasteiger partial charge in [-0.15, -0.1) is 0 Å². The summed E-state index contributed by atoms with van der Waals surface area (Å²) in [7, 11) is 0. The van der Waals surface area contributed by atoms with E-state index in [1.807, 2.05) is 24.3 Å². The molecule has 0 radical (unpaired) electrons. The third-order valence-corrected chi connectivity index (χ3v) is 2.74. The predicted molar refractivity (Wildman–Crippen MR) is 49.0 cm³/mol. The van der Waals surface area contributed by atoms with Gasteiger partial charge in [0, 0.05) is 8.95 Å². The van der Waals surface area contributed by atoms with Crippen molar-refractivity contribution in [3.8, 4) is 0 Å². The number of hydrogen-bond acceptors (Lipinski definition) is 0. The van der Waals surface area contributed by atoms with E-state index in [1.54, 1.807) is 0 Å². The second kappa shape index (κ2) is 4.57. The molecule has 0 bridgehead atoms. The Morgan fingerprint density at radius 2 is 1.22 bits per heavy atom. The first-order valence-corrected chi connectivity index (χ1v) is 3.79. The fraction of sp³-hybridized carbons (Fsp3) is 0. The summed E-state index contributed by atoms with van der Waals surface area (Å²) < 4.78 is 2.19. The summed E-state index contributed by atoms with van der Waals surface area (Å²) in [6.07, 6.45) is 0. The zero-order chi connectivity index (χ0) is 5.98. The second-order valence-corrected chi connectivity index (χ2v) is 3.12. The third kappa shape index (κ3) is 2.91. The van der Waals surface area contributed by atoms with Crippen LogP contribution in [-0.2, 0) is 0 Å². The van der Waals surface area contributed by atoms with Gasteiger partial charge in [-0.3, -0.25) is 0 Å². The van der Waals surface area contributed by atoms with Crippen LogP contribution < -0.4 is 0 Å². The van der Waals surface area contributed by atoms with Crippen molar-refractivity contribution in [3.63, 3.8) is 0 Å². The Labute approximate surface area is 83.5 Å². The quantitative estimate of drug-likeness (QED) is 0.615. The van der Waals surface area contributed by atoms with Crippen molar-refractivity contribution in [3.05, 3.63) is 33.2 Å². The van der Waals surface area contributed by atoms with Gasteiger partial charge in [0.25, 0.3) is 0 Å². The molecule has 0 heterocycles. The van der Waals surface area contributed by atoms with Crippen LogP contribution in [0.2, 0.25) is 0 Å². The molecule has 1 rings (SSSR count). The predicted octanol–water partition coefficient (Wildman–Crippen LogP) is 2.56. The van der Waals surface area contributed by atoms with Crippen LogP contribution in [0.15, 0.2) is 33.2 Å². The first-order valence-electron chi connectivity index (χ1n) is 2.21. The topological polar surface area (TPSA) is 0 Å². The Bertz CT molecular complexity index is 167. The Balaban J connectivity index is 0.000000640. The summed E-state index contributed by atoms with van der Waals surface area (Å²) in [6.45, 7) is 0. The molecule has 3 heteroatoms. The van der Waals surface area contributed by atoms with Crippen LogP contribution in [0.5, 0.6) is 0 Å². The molecular weight excluding hydrogens is 239 g/mol. The average molecular weight is 244 g/mol. The van der Waals surface area contributed by atoms with Crippen molar-refractivity contribution < 1.29 is 0 Å².